The predicted molar refractivity (Wildman–Crippen MR) is 75.3 cm³/mol. The number of carbonyl (C=O) groups excluding carboxylic acids is 2. The number of aliphatic hydroxyl groups excluding tert-OH is 1. The maximum Gasteiger partial charge on any atom is 0.337 e. The van der Waals surface area contributed by atoms with Crippen LogP contribution in [0.1, 0.15) is 32.9 Å². The Balaban J connectivity index is 2.24. The van der Waals surface area contributed by atoms with E-state index < -0.39 is 17.7 Å². The van der Waals surface area contributed by atoms with Gasteiger partial charge in [-0.3, -0.25) is 4.79 Å². The first kappa shape index (κ1) is 16.6. The fourth-order valence-electron chi connectivity index (χ4n) is 1.35. The van der Waals surface area contributed by atoms with Gasteiger partial charge >= 0.3 is 5.97 Å². The second-order valence-electron chi connectivity index (χ2n) is 5.33. The Kier molecular flexibility index (Phi) is 6.09. The molecule has 0 fully saturated rings. The third-order valence-corrected chi connectivity index (χ3v) is 2.90. The number of aliphatic hydroxyl groups is 1. The SMILES string of the molecule is CC(C)(C)OC(=O)[C@@H](O)CNC(=O)CCc1cscn1. The molecule has 0 unspecified atom stereocenters. The average Bonchev–Trinajstić information content (AvgIpc) is 2.84. The molecule has 1 atom stereocenters. The molecule has 1 amide bonds. The zero-order chi connectivity index (χ0) is 15.2. The minimum Gasteiger partial charge on any atom is -0.458 e. The lowest BCUT2D eigenvalue weighted by atomic mass is 10.2. The van der Waals surface area contributed by atoms with Crippen molar-refractivity contribution < 1.29 is 19.4 Å². The van der Waals surface area contributed by atoms with E-state index in [9.17, 15) is 14.7 Å². The molecule has 0 aromatic carbocycles. The number of nitrogens with one attached hydrogen (secondary N) is 1. The van der Waals surface area contributed by atoms with Crippen LogP contribution in [0, 0.1) is 0 Å². The molecule has 0 radical (unpaired) electrons. The predicted octanol–water partition coefficient (Wildman–Crippen LogP) is 0.894. The van der Waals surface area contributed by atoms with Gasteiger partial charge in [0.15, 0.2) is 6.10 Å². The molecule has 0 aliphatic carbocycles. The zero-order valence-corrected chi connectivity index (χ0v) is 12.7. The number of carbonyl (C=O) groups is 2. The highest BCUT2D eigenvalue weighted by atomic mass is 32.1. The fraction of sp³-hybridized carbons (Fsp3) is 0.615. The number of ether oxygens (including phenoxy) is 1. The van der Waals surface area contributed by atoms with Crippen LogP contribution in [0.5, 0.6) is 0 Å². The van der Waals surface area contributed by atoms with E-state index in [0.29, 0.717) is 6.42 Å². The van der Waals surface area contributed by atoms with E-state index in [0.717, 1.165) is 5.69 Å². The molecule has 20 heavy (non-hydrogen) atoms. The topological polar surface area (TPSA) is 88.5 Å². The number of esters is 1. The van der Waals surface area contributed by atoms with Crippen molar-refractivity contribution in [1.82, 2.24) is 10.3 Å². The molecular formula is C13H20N2O4S. The van der Waals surface area contributed by atoms with E-state index in [1.807, 2.05) is 5.38 Å². The number of amides is 1. The maximum atomic E-state index is 11.6. The van der Waals surface area contributed by atoms with Gasteiger partial charge in [-0.2, -0.15) is 0 Å². The van der Waals surface area contributed by atoms with Gasteiger partial charge in [-0.25, -0.2) is 9.78 Å². The van der Waals surface area contributed by atoms with Crippen LogP contribution in [0.25, 0.3) is 0 Å². The van der Waals surface area contributed by atoms with Crippen LogP contribution >= 0.6 is 11.3 Å². The van der Waals surface area contributed by atoms with E-state index in [1.165, 1.54) is 11.3 Å². The Hall–Kier alpha value is -1.47. The Morgan fingerprint density at radius 1 is 1.50 bits per heavy atom. The standard InChI is InChI=1S/C13H20N2O4S/c1-13(2,3)19-12(18)10(16)6-14-11(17)5-4-9-7-20-8-15-9/h7-8,10,16H,4-6H2,1-3H3,(H,14,17)/t10-/m0/s1. The summed E-state index contributed by atoms with van der Waals surface area (Å²) in [5.41, 5.74) is 1.91. The largest absolute Gasteiger partial charge is 0.458 e. The van der Waals surface area contributed by atoms with E-state index in [2.05, 4.69) is 10.3 Å². The molecule has 0 aliphatic rings. The first-order valence-electron chi connectivity index (χ1n) is 6.32. The summed E-state index contributed by atoms with van der Waals surface area (Å²) < 4.78 is 5.00. The minimum atomic E-state index is -1.35. The number of aromatic nitrogens is 1. The number of thiazole rings is 1. The zero-order valence-electron chi connectivity index (χ0n) is 11.9. The first-order chi connectivity index (χ1) is 9.28. The molecule has 0 aliphatic heterocycles. The van der Waals surface area contributed by atoms with Crippen LogP contribution in [0.3, 0.4) is 0 Å². The highest BCUT2D eigenvalue weighted by Gasteiger charge is 2.23. The Labute approximate surface area is 122 Å². The Morgan fingerprint density at radius 3 is 2.75 bits per heavy atom. The van der Waals surface area contributed by atoms with Gasteiger partial charge in [0.2, 0.25) is 5.91 Å². The summed E-state index contributed by atoms with van der Waals surface area (Å²) >= 11 is 1.47. The van der Waals surface area contributed by atoms with Gasteiger partial charge < -0.3 is 15.2 Å². The van der Waals surface area contributed by atoms with Gasteiger partial charge in [0.05, 0.1) is 17.7 Å². The summed E-state index contributed by atoms with van der Waals surface area (Å²) in [6.07, 6.45) is -0.541. The quantitative estimate of drug-likeness (QED) is 0.762. The van der Waals surface area contributed by atoms with Crippen molar-refractivity contribution in [1.29, 1.82) is 0 Å². The van der Waals surface area contributed by atoms with E-state index >= 15 is 0 Å². The molecule has 112 valence electrons. The molecule has 0 bridgehead atoms. The lowest BCUT2D eigenvalue weighted by Gasteiger charge is -2.21. The number of nitrogens with zero attached hydrogens (tertiary/aromatic N) is 1. The van der Waals surface area contributed by atoms with Gasteiger partial charge in [-0.05, 0) is 27.2 Å². The molecule has 1 rings (SSSR count). The highest BCUT2D eigenvalue weighted by molar-refractivity contribution is 7.07. The smallest absolute Gasteiger partial charge is 0.337 e. The van der Waals surface area contributed by atoms with Gasteiger partial charge in [0.1, 0.15) is 5.60 Å². The Bertz CT molecular complexity index is 440. The maximum absolute atomic E-state index is 11.6. The van der Waals surface area contributed by atoms with Crippen molar-refractivity contribution in [2.75, 3.05) is 6.54 Å². The summed E-state index contributed by atoms with van der Waals surface area (Å²) in [4.78, 5) is 27.1. The van der Waals surface area contributed by atoms with Crippen LogP contribution < -0.4 is 5.32 Å². The molecule has 0 spiro atoms. The third kappa shape index (κ3) is 6.63. The summed E-state index contributed by atoms with van der Waals surface area (Å²) in [6, 6.07) is 0. The van der Waals surface area contributed by atoms with Gasteiger partial charge in [-0.1, -0.05) is 0 Å². The van der Waals surface area contributed by atoms with Crippen LogP contribution in [-0.2, 0) is 20.7 Å². The van der Waals surface area contributed by atoms with Crippen molar-refractivity contribution in [2.45, 2.75) is 45.3 Å². The summed E-state index contributed by atoms with van der Waals surface area (Å²) in [6.45, 7) is 4.99. The van der Waals surface area contributed by atoms with E-state index in [4.69, 9.17) is 4.74 Å². The molecule has 1 aromatic heterocycles. The van der Waals surface area contributed by atoms with E-state index in [-0.39, 0.29) is 18.9 Å². The highest BCUT2D eigenvalue weighted by Crippen LogP contribution is 2.08. The summed E-state index contributed by atoms with van der Waals surface area (Å²) in [5.74, 6) is -0.974. The second-order valence-corrected chi connectivity index (χ2v) is 6.05. The number of hydrogen-bond acceptors (Lipinski definition) is 6. The van der Waals surface area contributed by atoms with Gasteiger partial charge in [0, 0.05) is 11.8 Å². The molecule has 0 saturated carbocycles. The van der Waals surface area contributed by atoms with Crippen LogP contribution in [0.15, 0.2) is 10.9 Å². The average molecular weight is 300 g/mol. The van der Waals surface area contributed by atoms with Crippen LogP contribution in [0.4, 0.5) is 0 Å². The summed E-state index contributed by atoms with van der Waals surface area (Å²) in [7, 11) is 0. The lowest BCUT2D eigenvalue weighted by molar-refractivity contribution is -0.164. The molecule has 2 N–H and O–H groups in total. The van der Waals surface area contributed by atoms with Gasteiger partial charge in [0.25, 0.3) is 0 Å². The van der Waals surface area contributed by atoms with Crippen molar-refractivity contribution in [3.63, 3.8) is 0 Å². The third-order valence-electron chi connectivity index (χ3n) is 2.26. The lowest BCUT2D eigenvalue weighted by Crippen LogP contribution is -2.40. The molecule has 0 saturated heterocycles. The number of rotatable bonds is 6. The molecular weight excluding hydrogens is 280 g/mol. The van der Waals surface area contributed by atoms with Gasteiger partial charge in [-0.15, -0.1) is 11.3 Å². The molecule has 1 heterocycles. The first-order valence-corrected chi connectivity index (χ1v) is 7.27. The van der Waals surface area contributed by atoms with Crippen LogP contribution in [0.2, 0.25) is 0 Å². The molecule has 1 aromatic rings. The summed E-state index contributed by atoms with van der Waals surface area (Å²) in [5, 5.41) is 14.0. The number of hydrogen-bond donors (Lipinski definition) is 2. The fourth-order valence-corrected chi connectivity index (χ4v) is 1.95. The van der Waals surface area contributed by atoms with Crippen LogP contribution in [-0.4, -0.2) is 40.2 Å². The van der Waals surface area contributed by atoms with Crippen molar-refractivity contribution in [3.05, 3.63) is 16.6 Å². The monoisotopic (exact) mass is 300 g/mol. The Morgan fingerprint density at radius 2 is 2.20 bits per heavy atom. The van der Waals surface area contributed by atoms with Crippen molar-refractivity contribution in [3.8, 4) is 0 Å². The van der Waals surface area contributed by atoms with Crippen molar-refractivity contribution in [2.24, 2.45) is 0 Å². The second kappa shape index (κ2) is 7.35. The minimum absolute atomic E-state index is 0.148. The van der Waals surface area contributed by atoms with Crippen molar-refractivity contribution >= 4 is 23.2 Å². The molecule has 6 nitrogen and oxygen atoms in total. The normalized spacial score (nSPS) is 12.8. The number of aryl methyl sites for hydroxylation is 1. The van der Waals surface area contributed by atoms with E-state index in [1.54, 1.807) is 26.3 Å². The molecule has 7 heteroatoms.